The molecule has 1 aliphatic rings. The zero-order valence-corrected chi connectivity index (χ0v) is 9.86. The van der Waals surface area contributed by atoms with Crippen LogP contribution < -0.4 is 5.32 Å². The van der Waals surface area contributed by atoms with E-state index in [4.69, 9.17) is 0 Å². The molecule has 1 N–H and O–H groups in total. The first-order chi connectivity index (χ1) is 7.65. The van der Waals surface area contributed by atoms with Gasteiger partial charge in [0.2, 0.25) is 5.91 Å². The number of nitrogens with one attached hydrogen (secondary N) is 1. The standard InChI is InChI=1S/C13H18N2O/c1-10-4-3-5-11(6-10)7-12-9-15(2)13(16)8-14-12/h3-6,12,14H,7-9H2,1-2H3. The maximum absolute atomic E-state index is 11.3. The van der Waals surface area contributed by atoms with Crippen LogP contribution in [0.25, 0.3) is 0 Å². The Balaban J connectivity index is 1.98. The lowest BCUT2D eigenvalue weighted by Gasteiger charge is -2.30. The molecule has 0 bridgehead atoms. The largest absolute Gasteiger partial charge is 0.343 e. The highest BCUT2D eigenvalue weighted by Crippen LogP contribution is 2.09. The first-order valence-electron chi connectivity index (χ1n) is 5.68. The number of aryl methyl sites for hydroxylation is 1. The minimum Gasteiger partial charge on any atom is -0.343 e. The first-order valence-corrected chi connectivity index (χ1v) is 5.68. The normalized spacial score (nSPS) is 21.2. The minimum atomic E-state index is 0.181. The Morgan fingerprint density at radius 3 is 3.00 bits per heavy atom. The first kappa shape index (κ1) is 11.1. The van der Waals surface area contributed by atoms with Crippen molar-refractivity contribution < 1.29 is 4.79 Å². The lowest BCUT2D eigenvalue weighted by Crippen LogP contribution is -2.53. The summed E-state index contributed by atoms with van der Waals surface area (Å²) in [7, 11) is 1.87. The Hall–Kier alpha value is -1.35. The molecule has 1 atom stereocenters. The Morgan fingerprint density at radius 1 is 1.50 bits per heavy atom. The molecule has 1 heterocycles. The zero-order valence-electron chi connectivity index (χ0n) is 9.86. The molecule has 16 heavy (non-hydrogen) atoms. The molecule has 1 amide bonds. The van der Waals surface area contributed by atoms with E-state index in [1.807, 2.05) is 7.05 Å². The van der Waals surface area contributed by atoms with E-state index < -0.39 is 0 Å². The monoisotopic (exact) mass is 218 g/mol. The topological polar surface area (TPSA) is 32.3 Å². The van der Waals surface area contributed by atoms with Gasteiger partial charge in [-0.25, -0.2) is 0 Å². The van der Waals surface area contributed by atoms with Gasteiger partial charge in [0.05, 0.1) is 6.54 Å². The predicted octanol–water partition coefficient (Wildman–Crippen LogP) is 0.968. The molecule has 2 rings (SSSR count). The van der Waals surface area contributed by atoms with Gasteiger partial charge < -0.3 is 10.2 Å². The maximum Gasteiger partial charge on any atom is 0.236 e. The molecule has 0 aliphatic carbocycles. The number of hydrogen-bond acceptors (Lipinski definition) is 2. The van der Waals surface area contributed by atoms with Crippen molar-refractivity contribution in [1.29, 1.82) is 0 Å². The fraction of sp³-hybridized carbons (Fsp3) is 0.462. The molecule has 1 unspecified atom stereocenters. The molecule has 1 aromatic rings. The molecular formula is C13H18N2O. The Labute approximate surface area is 96.5 Å². The predicted molar refractivity (Wildman–Crippen MR) is 64.3 cm³/mol. The Morgan fingerprint density at radius 2 is 2.31 bits per heavy atom. The summed E-state index contributed by atoms with van der Waals surface area (Å²) in [5, 5.41) is 3.28. The van der Waals surface area contributed by atoms with Crippen molar-refractivity contribution in [1.82, 2.24) is 10.2 Å². The summed E-state index contributed by atoms with van der Waals surface area (Å²) in [5.74, 6) is 0.181. The molecule has 1 aromatic carbocycles. The van der Waals surface area contributed by atoms with Crippen LogP contribution in [-0.4, -0.2) is 37.0 Å². The SMILES string of the molecule is Cc1cccc(CC2CN(C)C(=O)CN2)c1. The zero-order chi connectivity index (χ0) is 11.5. The fourth-order valence-corrected chi connectivity index (χ4v) is 2.12. The van der Waals surface area contributed by atoms with Crippen molar-refractivity contribution in [3.63, 3.8) is 0 Å². The number of benzene rings is 1. The lowest BCUT2D eigenvalue weighted by atomic mass is 10.0. The van der Waals surface area contributed by atoms with Crippen molar-refractivity contribution >= 4 is 5.91 Å². The summed E-state index contributed by atoms with van der Waals surface area (Å²) >= 11 is 0. The molecular weight excluding hydrogens is 200 g/mol. The van der Waals surface area contributed by atoms with Crippen molar-refractivity contribution in [3.8, 4) is 0 Å². The van der Waals surface area contributed by atoms with E-state index in [1.165, 1.54) is 11.1 Å². The quantitative estimate of drug-likeness (QED) is 0.802. The average molecular weight is 218 g/mol. The highest BCUT2D eigenvalue weighted by molar-refractivity contribution is 5.78. The van der Waals surface area contributed by atoms with Crippen molar-refractivity contribution in [2.45, 2.75) is 19.4 Å². The van der Waals surface area contributed by atoms with E-state index in [9.17, 15) is 4.79 Å². The van der Waals surface area contributed by atoms with E-state index >= 15 is 0 Å². The van der Waals surface area contributed by atoms with Crippen LogP contribution in [0.1, 0.15) is 11.1 Å². The maximum atomic E-state index is 11.3. The van der Waals surface area contributed by atoms with Gasteiger partial charge in [0, 0.05) is 19.6 Å². The molecule has 3 heteroatoms. The second kappa shape index (κ2) is 4.66. The van der Waals surface area contributed by atoms with E-state index in [2.05, 4.69) is 36.5 Å². The third-order valence-corrected chi connectivity index (χ3v) is 3.03. The van der Waals surface area contributed by atoms with Crippen molar-refractivity contribution in [3.05, 3.63) is 35.4 Å². The number of nitrogens with zero attached hydrogens (tertiary/aromatic N) is 1. The van der Waals surface area contributed by atoms with Crippen LogP contribution in [0.15, 0.2) is 24.3 Å². The third-order valence-electron chi connectivity index (χ3n) is 3.03. The number of piperazine rings is 1. The van der Waals surface area contributed by atoms with Crippen molar-refractivity contribution in [2.75, 3.05) is 20.1 Å². The van der Waals surface area contributed by atoms with Crippen LogP contribution in [0.4, 0.5) is 0 Å². The van der Waals surface area contributed by atoms with E-state index in [-0.39, 0.29) is 5.91 Å². The van der Waals surface area contributed by atoms with Gasteiger partial charge in [-0.3, -0.25) is 4.79 Å². The third kappa shape index (κ3) is 2.61. The van der Waals surface area contributed by atoms with Crippen LogP contribution in [0, 0.1) is 6.92 Å². The highest BCUT2D eigenvalue weighted by atomic mass is 16.2. The number of carbonyl (C=O) groups is 1. The van der Waals surface area contributed by atoms with E-state index in [1.54, 1.807) is 4.90 Å². The second-order valence-electron chi connectivity index (χ2n) is 4.55. The van der Waals surface area contributed by atoms with Crippen LogP contribution in [0.2, 0.25) is 0 Å². The van der Waals surface area contributed by atoms with Crippen LogP contribution in [-0.2, 0) is 11.2 Å². The van der Waals surface area contributed by atoms with Crippen LogP contribution >= 0.6 is 0 Å². The summed E-state index contributed by atoms with van der Waals surface area (Å²) in [6.45, 7) is 3.37. The molecule has 1 aliphatic heterocycles. The number of amides is 1. The summed E-state index contributed by atoms with van der Waals surface area (Å²) in [4.78, 5) is 13.1. The van der Waals surface area contributed by atoms with Gasteiger partial charge in [-0.2, -0.15) is 0 Å². The lowest BCUT2D eigenvalue weighted by molar-refractivity contribution is -0.131. The van der Waals surface area contributed by atoms with E-state index in [0.717, 1.165) is 13.0 Å². The highest BCUT2D eigenvalue weighted by Gasteiger charge is 2.21. The van der Waals surface area contributed by atoms with Crippen molar-refractivity contribution in [2.24, 2.45) is 0 Å². The number of hydrogen-bond donors (Lipinski definition) is 1. The number of carbonyl (C=O) groups excluding carboxylic acids is 1. The fourth-order valence-electron chi connectivity index (χ4n) is 2.12. The average Bonchev–Trinajstić information content (AvgIpc) is 2.24. The molecule has 0 aromatic heterocycles. The van der Waals surface area contributed by atoms with E-state index in [0.29, 0.717) is 12.6 Å². The molecule has 0 saturated carbocycles. The van der Waals surface area contributed by atoms with Gasteiger partial charge in [0.1, 0.15) is 0 Å². The smallest absolute Gasteiger partial charge is 0.236 e. The van der Waals surface area contributed by atoms with Gasteiger partial charge in [-0.15, -0.1) is 0 Å². The van der Waals surface area contributed by atoms with Gasteiger partial charge >= 0.3 is 0 Å². The summed E-state index contributed by atoms with van der Waals surface area (Å²) in [6, 6.07) is 8.92. The summed E-state index contributed by atoms with van der Waals surface area (Å²) in [5.41, 5.74) is 2.62. The molecule has 86 valence electrons. The molecule has 3 nitrogen and oxygen atoms in total. The summed E-state index contributed by atoms with van der Waals surface area (Å²) < 4.78 is 0. The second-order valence-corrected chi connectivity index (χ2v) is 4.55. The molecule has 0 spiro atoms. The van der Waals surface area contributed by atoms with Gasteiger partial charge in [0.25, 0.3) is 0 Å². The van der Waals surface area contributed by atoms with Crippen LogP contribution in [0.3, 0.4) is 0 Å². The summed E-state index contributed by atoms with van der Waals surface area (Å²) in [6.07, 6.45) is 0.985. The van der Waals surface area contributed by atoms with Crippen LogP contribution in [0.5, 0.6) is 0 Å². The number of rotatable bonds is 2. The minimum absolute atomic E-state index is 0.181. The van der Waals surface area contributed by atoms with Gasteiger partial charge in [0.15, 0.2) is 0 Å². The Kier molecular flexibility index (Phi) is 3.25. The molecule has 0 radical (unpaired) electrons. The Bertz CT molecular complexity index is 389. The molecule has 1 saturated heterocycles. The molecule has 1 fully saturated rings. The number of likely N-dealkylation sites (N-methyl/N-ethyl adjacent to an activating group) is 1. The van der Waals surface area contributed by atoms with Gasteiger partial charge in [-0.1, -0.05) is 29.8 Å². The van der Waals surface area contributed by atoms with Gasteiger partial charge in [-0.05, 0) is 18.9 Å².